The Balaban J connectivity index is 1.86. The van der Waals surface area contributed by atoms with Crippen molar-refractivity contribution in [3.8, 4) is 0 Å². The summed E-state index contributed by atoms with van der Waals surface area (Å²) in [4.78, 5) is 11.8. The van der Waals surface area contributed by atoms with E-state index in [2.05, 4.69) is 22.7 Å². The zero-order chi connectivity index (χ0) is 12.8. The normalized spacial score (nSPS) is 19.1. The van der Waals surface area contributed by atoms with Gasteiger partial charge < -0.3 is 0 Å². The van der Waals surface area contributed by atoms with Gasteiger partial charge in [-0.25, -0.2) is 5.43 Å². The third kappa shape index (κ3) is 3.55. The molecule has 0 spiro atoms. The maximum absolute atomic E-state index is 11.8. The molecule has 3 nitrogen and oxygen atoms in total. The van der Waals surface area contributed by atoms with Gasteiger partial charge in [0.25, 0.3) is 5.91 Å². The summed E-state index contributed by atoms with van der Waals surface area (Å²) in [6.45, 7) is 2.00. The first-order valence-corrected chi connectivity index (χ1v) is 6.31. The molecule has 1 N–H and O–H groups in total. The molecule has 0 aliphatic heterocycles. The first-order chi connectivity index (χ1) is 8.75. The number of nitrogens with one attached hydrogen (secondary N) is 1. The average Bonchev–Trinajstić information content (AvgIpc) is 2.40. The Kier molecular flexibility index (Phi) is 4.29. The number of allylic oxidation sites excluding steroid dienone is 2. The Bertz CT molecular complexity index is 460. The number of aryl methyl sites for hydroxylation is 1. The lowest BCUT2D eigenvalue weighted by Crippen LogP contribution is -2.18. The van der Waals surface area contributed by atoms with Crippen LogP contribution in [0.15, 0.2) is 41.5 Å². The molecule has 1 atom stereocenters. The molecule has 0 radical (unpaired) electrons. The van der Waals surface area contributed by atoms with Crippen LogP contribution in [0.1, 0.15) is 35.2 Å². The third-order valence-corrected chi connectivity index (χ3v) is 3.07. The van der Waals surface area contributed by atoms with Gasteiger partial charge in [-0.1, -0.05) is 29.8 Å². The Morgan fingerprint density at radius 1 is 1.33 bits per heavy atom. The van der Waals surface area contributed by atoms with Crippen LogP contribution in [0.25, 0.3) is 0 Å². The molecule has 1 unspecified atom stereocenters. The van der Waals surface area contributed by atoms with E-state index >= 15 is 0 Å². The van der Waals surface area contributed by atoms with Crippen molar-refractivity contribution in [3.63, 3.8) is 0 Å². The molecule has 1 amide bonds. The van der Waals surface area contributed by atoms with E-state index in [9.17, 15) is 4.79 Å². The van der Waals surface area contributed by atoms with Gasteiger partial charge in [-0.3, -0.25) is 4.79 Å². The molecule has 0 saturated heterocycles. The van der Waals surface area contributed by atoms with E-state index in [-0.39, 0.29) is 5.91 Å². The van der Waals surface area contributed by atoms with Crippen LogP contribution in [0.5, 0.6) is 0 Å². The van der Waals surface area contributed by atoms with Crippen LogP contribution in [-0.2, 0) is 0 Å². The van der Waals surface area contributed by atoms with Gasteiger partial charge in [-0.05, 0) is 44.2 Å². The Hall–Kier alpha value is -1.90. The monoisotopic (exact) mass is 242 g/mol. The smallest absolute Gasteiger partial charge is 0.267 e. The SMILES string of the molecule is Cc1ccc(C(=O)N/N=C/C2CC=CCC2)cc1. The lowest BCUT2D eigenvalue weighted by atomic mass is 9.96. The predicted molar refractivity (Wildman–Crippen MR) is 73.6 cm³/mol. The second-order valence-electron chi connectivity index (χ2n) is 4.63. The van der Waals surface area contributed by atoms with Crippen molar-refractivity contribution in [2.45, 2.75) is 26.2 Å². The van der Waals surface area contributed by atoms with Crippen LogP contribution in [0.2, 0.25) is 0 Å². The van der Waals surface area contributed by atoms with Gasteiger partial charge in [-0.2, -0.15) is 5.10 Å². The molecule has 0 heterocycles. The highest BCUT2D eigenvalue weighted by atomic mass is 16.2. The molecule has 1 aromatic rings. The number of hydrogen-bond acceptors (Lipinski definition) is 2. The average molecular weight is 242 g/mol. The number of hydrogen-bond donors (Lipinski definition) is 1. The molecule has 1 aliphatic carbocycles. The number of nitrogens with zero attached hydrogens (tertiary/aromatic N) is 1. The van der Waals surface area contributed by atoms with Gasteiger partial charge in [0, 0.05) is 11.8 Å². The van der Waals surface area contributed by atoms with Crippen LogP contribution in [0.4, 0.5) is 0 Å². The zero-order valence-corrected chi connectivity index (χ0v) is 10.6. The Morgan fingerprint density at radius 3 is 2.78 bits per heavy atom. The van der Waals surface area contributed by atoms with Gasteiger partial charge in [0.15, 0.2) is 0 Å². The number of rotatable bonds is 3. The largest absolute Gasteiger partial charge is 0.271 e. The molecular weight excluding hydrogens is 224 g/mol. The third-order valence-electron chi connectivity index (χ3n) is 3.07. The lowest BCUT2D eigenvalue weighted by molar-refractivity contribution is 0.0955. The van der Waals surface area contributed by atoms with E-state index in [1.165, 1.54) is 0 Å². The van der Waals surface area contributed by atoms with E-state index in [1.807, 2.05) is 37.4 Å². The quantitative estimate of drug-likeness (QED) is 0.494. The summed E-state index contributed by atoms with van der Waals surface area (Å²) in [7, 11) is 0. The number of carbonyl (C=O) groups is 1. The first kappa shape index (κ1) is 12.6. The van der Waals surface area contributed by atoms with Crippen molar-refractivity contribution in [3.05, 3.63) is 47.5 Å². The van der Waals surface area contributed by atoms with Gasteiger partial charge in [0.05, 0.1) is 0 Å². The van der Waals surface area contributed by atoms with Crippen molar-refractivity contribution in [1.29, 1.82) is 0 Å². The Morgan fingerprint density at radius 2 is 2.11 bits per heavy atom. The zero-order valence-electron chi connectivity index (χ0n) is 10.6. The number of carbonyl (C=O) groups excluding carboxylic acids is 1. The van der Waals surface area contributed by atoms with Crippen molar-refractivity contribution in [2.24, 2.45) is 11.0 Å². The molecule has 0 saturated carbocycles. The molecule has 18 heavy (non-hydrogen) atoms. The number of amides is 1. The summed E-state index contributed by atoms with van der Waals surface area (Å²) >= 11 is 0. The van der Waals surface area contributed by atoms with E-state index in [0.29, 0.717) is 11.5 Å². The molecule has 3 heteroatoms. The summed E-state index contributed by atoms with van der Waals surface area (Å²) in [6.07, 6.45) is 9.43. The standard InChI is InChI=1S/C15H18N2O/c1-12-7-9-14(10-8-12)15(18)17-16-11-13-5-3-2-4-6-13/h2-3,7-11,13H,4-6H2,1H3,(H,17,18)/b16-11+. The molecule has 0 fully saturated rings. The fraction of sp³-hybridized carbons (Fsp3) is 0.333. The van der Waals surface area contributed by atoms with Gasteiger partial charge in [0.2, 0.25) is 0 Å². The summed E-state index contributed by atoms with van der Waals surface area (Å²) in [6, 6.07) is 7.46. The maximum Gasteiger partial charge on any atom is 0.271 e. The predicted octanol–water partition coefficient (Wildman–Crippen LogP) is 3.07. The van der Waals surface area contributed by atoms with Crippen molar-refractivity contribution >= 4 is 12.1 Å². The fourth-order valence-electron chi connectivity index (χ4n) is 1.92. The number of hydrazone groups is 1. The summed E-state index contributed by atoms with van der Waals surface area (Å²) in [5, 5.41) is 4.04. The summed E-state index contributed by atoms with van der Waals surface area (Å²) in [5.74, 6) is 0.297. The van der Waals surface area contributed by atoms with Gasteiger partial charge in [-0.15, -0.1) is 0 Å². The minimum atomic E-state index is -0.155. The van der Waals surface area contributed by atoms with Crippen LogP contribution >= 0.6 is 0 Å². The second kappa shape index (κ2) is 6.15. The van der Waals surface area contributed by atoms with E-state index in [4.69, 9.17) is 0 Å². The van der Waals surface area contributed by atoms with Crippen molar-refractivity contribution < 1.29 is 4.79 Å². The highest BCUT2D eigenvalue weighted by Gasteiger charge is 2.07. The number of benzene rings is 1. The molecule has 2 rings (SSSR count). The molecule has 1 aromatic carbocycles. The van der Waals surface area contributed by atoms with Crippen LogP contribution in [0.3, 0.4) is 0 Å². The van der Waals surface area contributed by atoms with Crippen LogP contribution in [-0.4, -0.2) is 12.1 Å². The highest BCUT2D eigenvalue weighted by Crippen LogP contribution is 2.15. The van der Waals surface area contributed by atoms with E-state index in [1.54, 1.807) is 0 Å². The molecule has 0 bridgehead atoms. The molecule has 1 aliphatic rings. The summed E-state index contributed by atoms with van der Waals surface area (Å²) < 4.78 is 0. The van der Waals surface area contributed by atoms with E-state index in [0.717, 1.165) is 24.8 Å². The topological polar surface area (TPSA) is 41.5 Å². The van der Waals surface area contributed by atoms with Crippen LogP contribution < -0.4 is 5.43 Å². The maximum atomic E-state index is 11.8. The first-order valence-electron chi connectivity index (χ1n) is 6.31. The lowest BCUT2D eigenvalue weighted by Gasteiger charge is -2.11. The Labute approximate surface area is 108 Å². The molecular formula is C15H18N2O. The minimum Gasteiger partial charge on any atom is -0.267 e. The van der Waals surface area contributed by atoms with Gasteiger partial charge in [0.1, 0.15) is 0 Å². The molecule has 94 valence electrons. The van der Waals surface area contributed by atoms with Gasteiger partial charge >= 0.3 is 0 Å². The van der Waals surface area contributed by atoms with E-state index < -0.39 is 0 Å². The highest BCUT2D eigenvalue weighted by molar-refractivity contribution is 5.94. The summed E-state index contributed by atoms with van der Waals surface area (Å²) in [5.41, 5.74) is 4.35. The minimum absolute atomic E-state index is 0.155. The second-order valence-corrected chi connectivity index (χ2v) is 4.63. The molecule has 0 aromatic heterocycles. The van der Waals surface area contributed by atoms with Crippen LogP contribution in [0, 0.1) is 12.8 Å². The fourth-order valence-corrected chi connectivity index (χ4v) is 1.92. The van der Waals surface area contributed by atoms with Crippen molar-refractivity contribution in [2.75, 3.05) is 0 Å². The van der Waals surface area contributed by atoms with Crippen molar-refractivity contribution in [1.82, 2.24) is 5.43 Å².